The summed E-state index contributed by atoms with van der Waals surface area (Å²) in [6.07, 6.45) is 26.9. The maximum atomic E-state index is 2.70. The Morgan fingerprint density at radius 3 is 1.06 bits per heavy atom. The number of benzene rings is 9. The number of hydrogen-bond acceptors (Lipinski definition) is 2. The maximum Gasteiger partial charge on any atom is 0.210 e. The van der Waals surface area contributed by atoms with Crippen molar-refractivity contribution in [2.45, 2.75) is 167 Å². The first kappa shape index (κ1) is 58.3. The second kappa shape index (κ2) is 23.0. The van der Waals surface area contributed by atoms with Crippen LogP contribution in [-0.4, -0.2) is 46.8 Å². The van der Waals surface area contributed by atoms with Crippen LogP contribution in [0, 0.1) is 0 Å². The maximum absolute atomic E-state index is 2.70. The number of allylic oxidation sites excluding steroid dienone is 8. The molecule has 9 aromatic rings. The minimum absolute atomic E-state index is 0.00522. The van der Waals surface area contributed by atoms with Crippen LogP contribution in [0.5, 0.6) is 0 Å². The predicted octanol–water partition coefficient (Wildman–Crippen LogP) is 21.5. The van der Waals surface area contributed by atoms with Gasteiger partial charge < -0.3 is 9.80 Å². The van der Waals surface area contributed by atoms with E-state index in [1.54, 1.807) is 11.1 Å². The van der Waals surface area contributed by atoms with Crippen molar-refractivity contribution in [2.75, 3.05) is 36.0 Å². The Kier molecular flexibility index (Phi) is 14.9. The van der Waals surface area contributed by atoms with Crippen molar-refractivity contribution in [2.24, 2.45) is 0 Å². The van der Waals surface area contributed by atoms with Crippen LogP contribution in [0.4, 0.5) is 22.7 Å². The van der Waals surface area contributed by atoms with Crippen molar-refractivity contribution < 1.29 is 9.15 Å². The molecule has 0 aromatic heterocycles. The smallest absolute Gasteiger partial charge is 0.210 e. The van der Waals surface area contributed by atoms with Gasteiger partial charge in [-0.25, -0.2) is 0 Å². The molecule has 2 atom stereocenters. The van der Waals surface area contributed by atoms with Gasteiger partial charge >= 0.3 is 0 Å². The Balaban J connectivity index is 0.829. The largest absolute Gasteiger partial charge is 0.344 e. The van der Waals surface area contributed by atoms with Crippen LogP contribution in [-0.2, 0) is 34.5 Å². The van der Waals surface area contributed by atoms with Crippen LogP contribution >= 0.6 is 0 Å². The molecule has 0 radical (unpaired) electrons. The second-order valence-corrected chi connectivity index (χ2v) is 27.8. The average Bonchev–Trinajstić information content (AvgIpc) is 1.58. The van der Waals surface area contributed by atoms with E-state index >= 15 is 0 Å². The van der Waals surface area contributed by atoms with E-state index in [1.165, 1.54) is 186 Å². The van der Waals surface area contributed by atoms with Gasteiger partial charge in [0.1, 0.15) is 13.1 Å². The molecule has 4 nitrogen and oxygen atoms in total. The molecular weight excluding hydrogens is 1090 g/mol. The highest BCUT2D eigenvalue weighted by Crippen LogP contribution is 2.58. The van der Waals surface area contributed by atoms with Gasteiger partial charge in [0.05, 0.1) is 10.8 Å². The number of anilines is 2. The van der Waals surface area contributed by atoms with Gasteiger partial charge in [0.25, 0.3) is 0 Å². The van der Waals surface area contributed by atoms with E-state index in [-0.39, 0.29) is 21.7 Å². The molecular formula is C86H92N4+2. The molecule has 90 heavy (non-hydrogen) atoms. The fraction of sp³-hybridized carbons (Fsp3) is 0.349. The van der Waals surface area contributed by atoms with Crippen LogP contribution < -0.4 is 9.80 Å². The van der Waals surface area contributed by atoms with Gasteiger partial charge in [0.15, 0.2) is 11.4 Å². The highest BCUT2D eigenvalue weighted by Gasteiger charge is 2.55. The summed E-state index contributed by atoms with van der Waals surface area (Å²) in [4.78, 5) is 5.34. The van der Waals surface area contributed by atoms with Gasteiger partial charge in [-0.1, -0.05) is 186 Å². The van der Waals surface area contributed by atoms with E-state index in [2.05, 4.69) is 269 Å². The van der Waals surface area contributed by atoms with Crippen LogP contribution in [0.3, 0.4) is 0 Å². The Morgan fingerprint density at radius 2 is 0.722 bits per heavy atom. The summed E-state index contributed by atoms with van der Waals surface area (Å²) in [5.41, 5.74) is 22.4. The first-order valence-corrected chi connectivity index (χ1v) is 34.9. The summed E-state index contributed by atoms with van der Waals surface area (Å²) in [6.45, 7) is 23.1. The van der Waals surface area contributed by atoms with Crippen molar-refractivity contribution in [1.29, 1.82) is 0 Å². The number of rotatable bonds is 14. The molecule has 0 N–H and O–H groups in total. The van der Waals surface area contributed by atoms with Gasteiger partial charge in [-0.2, -0.15) is 9.15 Å². The van der Waals surface area contributed by atoms with Crippen LogP contribution in [0.25, 0.3) is 43.1 Å². The molecule has 2 fully saturated rings. The van der Waals surface area contributed by atoms with Crippen LogP contribution in [0.1, 0.15) is 166 Å². The summed E-state index contributed by atoms with van der Waals surface area (Å²) in [6, 6.07) is 65.9. The third-order valence-corrected chi connectivity index (χ3v) is 23.0. The highest BCUT2D eigenvalue weighted by atomic mass is 15.2. The quantitative estimate of drug-likeness (QED) is 0.101. The number of likely N-dealkylation sites (N-methyl/N-ethyl adjacent to an activating group) is 2. The lowest BCUT2D eigenvalue weighted by Crippen LogP contribution is -2.37. The fourth-order valence-corrected chi connectivity index (χ4v) is 19.0. The van der Waals surface area contributed by atoms with E-state index in [0.717, 1.165) is 51.9 Å². The molecule has 0 saturated heterocycles. The lowest BCUT2D eigenvalue weighted by atomic mass is 9.66. The van der Waals surface area contributed by atoms with Gasteiger partial charge in [0.2, 0.25) is 11.4 Å². The normalized spacial score (nSPS) is 22.0. The van der Waals surface area contributed by atoms with Gasteiger partial charge in [-0.15, -0.1) is 0 Å². The fourth-order valence-electron chi connectivity index (χ4n) is 19.0. The summed E-state index contributed by atoms with van der Waals surface area (Å²) in [5, 5.41) is 10.9. The Bertz CT molecular complexity index is 4260. The summed E-state index contributed by atoms with van der Waals surface area (Å²) in [7, 11) is 0. The molecule has 4 aliphatic heterocycles. The lowest BCUT2D eigenvalue weighted by Gasteiger charge is -2.33. The minimum atomic E-state index is -0.306. The molecule has 2 aliphatic carbocycles. The van der Waals surface area contributed by atoms with Crippen LogP contribution in [0.2, 0.25) is 0 Å². The minimum Gasteiger partial charge on any atom is -0.344 e. The topological polar surface area (TPSA) is 12.5 Å². The zero-order chi connectivity index (χ0) is 61.5. The number of hydrogen-bond donors (Lipinski definition) is 0. The molecule has 6 aliphatic rings. The van der Waals surface area contributed by atoms with E-state index in [1.807, 2.05) is 0 Å². The molecule has 0 bridgehead atoms. The van der Waals surface area contributed by atoms with E-state index in [0.29, 0.717) is 0 Å². The van der Waals surface area contributed by atoms with Gasteiger partial charge in [0, 0.05) is 82.1 Å². The Hall–Kier alpha value is -8.08. The molecule has 454 valence electrons. The molecule has 9 aromatic carbocycles. The van der Waals surface area contributed by atoms with E-state index < -0.39 is 0 Å². The predicted molar refractivity (Wildman–Crippen MR) is 384 cm³/mol. The highest BCUT2D eigenvalue weighted by molar-refractivity contribution is 6.10. The Morgan fingerprint density at radius 1 is 0.389 bits per heavy atom. The zero-order valence-corrected chi connectivity index (χ0v) is 55.0. The summed E-state index contributed by atoms with van der Waals surface area (Å²) in [5.74, 6) is 0. The van der Waals surface area contributed by atoms with Crippen molar-refractivity contribution in [3.8, 4) is 0 Å². The number of fused-ring (bicyclic) bond motifs is 14. The molecule has 0 amide bonds. The molecule has 2 spiro atoms. The van der Waals surface area contributed by atoms with Crippen molar-refractivity contribution in [3.63, 3.8) is 0 Å². The number of nitrogens with zero attached hydrogens (tertiary/aromatic N) is 4. The molecule has 4 heteroatoms. The van der Waals surface area contributed by atoms with Crippen molar-refractivity contribution in [3.05, 3.63) is 250 Å². The molecule has 4 heterocycles. The average molecular weight is 1180 g/mol. The Labute approximate surface area is 536 Å². The van der Waals surface area contributed by atoms with Crippen molar-refractivity contribution in [1.82, 2.24) is 0 Å². The van der Waals surface area contributed by atoms with Gasteiger partial charge in [-0.3, -0.25) is 0 Å². The molecule has 15 rings (SSSR count). The van der Waals surface area contributed by atoms with E-state index in [9.17, 15) is 0 Å². The summed E-state index contributed by atoms with van der Waals surface area (Å²) >= 11 is 0. The monoisotopic (exact) mass is 1180 g/mol. The van der Waals surface area contributed by atoms with E-state index in [4.69, 9.17) is 0 Å². The standard InChI is InChI=1S/C86H92N4/c1-9-59(55-77-85(49-25-15-26-50-85)81-69-35-23-19-31-65(69)43-47-73(81)89(77)13-5)53-75-83(7,79-67-33-21-17-29-63(67)41-45-71(79)87(75)11-3)57-61-37-39-62(40-38-61)58-84(8)76(88(12-4)72-46-42-64-30-18-22-34-68(64)80(72)84)54-60(10-2)56-78-86(51-27-16-28-52-86)82-70-36-24-20-32-66(70)44-48-74(82)90(78)14-6/h17-24,29-48,53-56H,9-16,25-28,49-52,57-58H2,1-8H3/q+2. The lowest BCUT2D eigenvalue weighted by molar-refractivity contribution is -0.433. The van der Waals surface area contributed by atoms with Crippen molar-refractivity contribution >= 4 is 77.3 Å². The van der Waals surface area contributed by atoms with Crippen LogP contribution in [0.15, 0.2) is 217 Å². The first-order valence-electron chi connectivity index (χ1n) is 34.9. The second-order valence-electron chi connectivity index (χ2n) is 27.8. The molecule has 2 unspecified atom stereocenters. The summed E-state index contributed by atoms with van der Waals surface area (Å²) < 4.78 is 5.40. The first-order chi connectivity index (χ1) is 44.0. The third kappa shape index (κ3) is 8.94. The van der Waals surface area contributed by atoms with Gasteiger partial charge in [-0.05, 0) is 206 Å². The zero-order valence-electron chi connectivity index (χ0n) is 55.0. The SMILES string of the molecule is CCC(=CC1=[N+](CC)c2ccc3ccccc3c2C12CCCCC2)C=C1N(CC)c2ccc3ccccc3c2C1(C)Cc1ccc(CC2(C)C(=CC(=CC3=[N+](CC)c4ccc5ccccc5c4C34CCCCC4)CC)N(CC)c3ccc4ccccc4c32)cc1. The third-order valence-electron chi connectivity index (χ3n) is 23.0. The molecule has 2 saturated carbocycles.